The van der Waals surface area contributed by atoms with Gasteiger partial charge in [0, 0.05) is 70.9 Å². The number of fused-ring (bicyclic) bond motifs is 1. The molecule has 3 amide bonds. The summed E-state index contributed by atoms with van der Waals surface area (Å²) in [5.41, 5.74) is 3.13. The number of aryl methyl sites for hydroxylation is 1. The van der Waals surface area contributed by atoms with E-state index in [2.05, 4.69) is 5.32 Å². The molecule has 3 aliphatic rings. The topological polar surface area (TPSA) is 123 Å². The van der Waals surface area contributed by atoms with Crippen molar-refractivity contribution in [3.63, 3.8) is 0 Å². The van der Waals surface area contributed by atoms with Gasteiger partial charge in [0.1, 0.15) is 0 Å². The Morgan fingerprint density at radius 2 is 1.79 bits per heavy atom. The maximum atomic E-state index is 13.1. The molecule has 0 saturated carbocycles. The van der Waals surface area contributed by atoms with Gasteiger partial charge in [-0.2, -0.15) is 5.10 Å². The predicted octanol–water partition coefficient (Wildman–Crippen LogP) is 2.33. The second kappa shape index (κ2) is 12.6. The van der Waals surface area contributed by atoms with Crippen LogP contribution in [-0.2, 0) is 33.7 Å². The van der Waals surface area contributed by atoms with Crippen molar-refractivity contribution in [2.75, 3.05) is 52.5 Å². The van der Waals surface area contributed by atoms with E-state index >= 15 is 0 Å². The van der Waals surface area contributed by atoms with Crippen LogP contribution in [0.3, 0.4) is 0 Å². The van der Waals surface area contributed by atoms with Gasteiger partial charge in [0.15, 0.2) is 0 Å². The Kier molecular flexibility index (Phi) is 8.96. The maximum Gasteiger partial charge on any atom is 0.338 e. The SMILES string of the molecule is CCc1nn(CC(C)COC(=O)c2cccc(C(=O)N3CCN(C(C)=O)CC3)c2)c2c1C(=O)NCC1(CCOCC1)C2. The summed E-state index contributed by atoms with van der Waals surface area (Å²) in [6, 6.07) is 6.58. The summed E-state index contributed by atoms with van der Waals surface area (Å²) in [6.45, 7) is 10.1. The van der Waals surface area contributed by atoms with Crippen LogP contribution in [0.15, 0.2) is 24.3 Å². The minimum absolute atomic E-state index is 0.00329. The number of benzene rings is 1. The molecule has 1 aromatic carbocycles. The molecule has 11 nitrogen and oxygen atoms in total. The summed E-state index contributed by atoms with van der Waals surface area (Å²) in [6.07, 6.45) is 3.20. The van der Waals surface area contributed by atoms with Crippen LogP contribution in [0.1, 0.15) is 76.1 Å². The fourth-order valence-corrected chi connectivity index (χ4v) is 6.16. The first-order valence-corrected chi connectivity index (χ1v) is 15.0. The Morgan fingerprint density at radius 3 is 2.48 bits per heavy atom. The Labute approximate surface area is 246 Å². The van der Waals surface area contributed by atoms with Gasteiger partial charge in [0.25, 0.3) is 11.8 Å². The molecule has 2 aromatic rings. The molecule has 0 bridgehead atoms. The fraction of sp³-hybridized carbons (Fsp3) is 0.581. The first kappa shape index (κ1) is 29.8. The van der Waals surface area contributed by atoms with E-state index < -0.39 is 5.97 Å². The van der Waals surface area contributed by atoms with Crippen molar-refractivity contribution in [3.05, 3.63) is 52.3 Å². The van der Waals surface area contributed by atoms with Gasteiger partial charge in [-0.1, -0.05) is 19.9 Å². The summed E-state index contributed by atoms with van der Waals surface area (Å²) < 4.78 is 13.2. The zero-order valence-electron chi connectivity index (χ0n) is 24.8. The van der Waals surface area contributed by atoms with Crippen LogP contribution >= 0.6 is 0 Å². The molecule has 1 spiro atoms. The molecular weight excluding hydrogens is 538 g/mol. The van der Waals surface area contributed by atoms with Gasteiger partial charge in [0.2, 0.25) is 5.91 Å². The number of esters is 1. The van der Waals surface area contributed by atoms with Gasteiger partial charge in [-0.3, -0.25) is 19.1 Å². The average Bonchev–Trinajstić information content (AvgIpc) is 3.27. The number of amides is 3. The fourth-order valence-electron chi connectivity index (χ4n) is 6.16. The predicted molar refractivity (Wildman–Crippen MR) is 154 cm³/mol. The van der Waals surface area contributed by atoms with Crippen molar-refractivity contribution >= 4 is 23.7 Å². The summed E-state index contributed by atoms with van der Waals surface area (Å²) in [4.78, 5) is 54.1. The molecular formula is C31H41N5O6. The minimum atomic E-state index is -0.494. The van der Waals surface area contributed by atoms with Crippen molar-refractivity contribution in [1.29, 1.82) is 0 Å². The number of nitrogens with zero attached hydrogens (tertiary/aromatic N) is 4. The third-order valence-electron chi connectivity index (χ3n) is 8.75. The van der Waals surface area contributed by atoms with Crippen LogP contribution in [0.25, 0.3) is 0 Å². The third kappa shape index (κ3) is 6.35. The van der Waals surface area contributed by atoms with Crippen LogP contribution in [0.4, 0.5) is 0 Å². The molecule has 5 rings (SSSR count). The number of hydrogen-bond acceptors (Lipinski definition) is 7. The Balaban J connectivity index is 1.22. The molecule has 0 radical (unpaired) electrons. The highest BCUT2D eigenvalue weighted by Gasteiger charge is 2.39. The highest BCUT2D eigenvalue weighted by molar-refractivity contribution is 5.98. The van der Waals surface area contributed by atoms with Gasteiger partial charge < -0.3 is 24.6 Å². The first-order valence-electron chi connectivity index (χ1n) is 15.0. The van der Waals surface area contributed by atoms with Crippen molar-refractivity contribution in [3.8, 4) is 0 Å². The summed E-state index contributed by atoms with van der Waals surface area (Å²) in [5, 5.41) is 7.96. The van der Waals surface area contributed by atoms with Crippen molar-refractivity contribution < 1.29 is 28.7 Å². The zero-order chi connectivity index (χ0) is 29.9. The van der Waals surface area contributed by atoms with Gasteiger partial charge in [0.05, 0.1) is 29.1 Å². The molecule has 1 aromatic heterocycles. The lowest BCUT2D eigenvalue weighted by molar-refractivity contribution is -0.130. The van der Waals surface area contributed by atoms with E-state index in [-0.39, 0.29) is 35.7 Å². The third-order valence-corrected chi connectivity index (χ3v) is 8.75. The normalized spacial score (nSPS) is 19.1. The van der Waals surface area contributed by atoms with E-state index in [9.17, 15) is 19.2 Å². The molecule has 42 heavy (non-hydrogen) atoms. The quantitative estimate of drug-likeness (QED) is 0.500. The molecule has 2 saturated heterocycles. The molecule has 226 valence electrons. The lowest BCUT2D eigenvalue weighted by atomic mass is 9.76. The zero-order valence-corrected chi connectivity index (χ0v) is 24.8. The maximum absolute atomic E-state index is 13.1. The summed E-state index contributed by atoms with van der Waals surface area (Å²) in [7, 11) is 0. The van der Waals surface area contributed by atoms with E-state index in [1.807, 2.05) is 18.5 Å². The summed E-state index contributed by atoms with van der Waals surface area (Å²) >= 11 is 0. The number of aromatic nitrogens is 2. The highest BCUT2D eigenvalue weighted by Crippen LogP contribution is 2.37. The largest absolute Gasteiger partial charge is 0.462 e. The van der Waals surface area contributed by atoms with E-state index in [1.165, 1.54) is 6.92 Å². The lowest BCUT2D eigenvalue weighted by Gasteiger charge is -2.36. The standard InChI is InChI=1S/C31H41N5O6/c1-4-25-27-26(17-31(20-32-28(27)38)8-14-41-15-9-31)36(33-25)18-21(2)19-42-30(40)24-7-5-6-23(16-24)29(39)35-12-10-34(11-13-35)22(3)37/h5-7,16,21H,4,8-15,17-20H2,1-3H3,(H,32,38). The Bertz CT molecular complexity index is 1340. The van der Waals surface area contributed by atoms with Gasteiger partial charge in [-0.15, -0.1) is 0 Å². The highest BCUT2D eigenvalue weighted by atomic mass is 16.5. The van der Waals surface area contributed by atoms with Crippen LogP contribution in [0, 0.1) is 11.3 Å². The monoisotopic (exact) mass is 579 g/mol. The lowest BCUT2D eigenvalue weighted by Crippen LogP contribution is -2.50. The number of hydrogen-bond donors (Lipinski definition) is 1. The number of piperazine rings is 1. The smallest absolute Gasteiger partial charge is 0.338 e. The van der Waals surface area contributed by atoms with Gasteiger partial charge >= 0.3 is 5.97 Å². The van der Waals surface area contributed by atoms with Crippen LogP contribution in [0.5, 0.6) is 0 Å². The van der Waals surface area contributed by atoms with Crippen molar-refractivity contribution in [1.82, 2.24) is 24.9 Å². The average molecular weight is 580 g/mol. The van der Waals surface area contributed by atoms with E-state index in [0.29, 0.717) is 75.6 Å². The second-order valence-electron chi connectivity index (χ2n) is 11.9. The van der Waals surface area contributed by atoms with Crippen LogP contribution in [-0.4, -0.2) is 95.8 Å². The molecule has 1 N–H and O–H groups in total. The molecule has 0 aliphatic carbocycles. The van der Waals surface area contributed by atoms with E-state index in [4.69, 9.17) is 14.6 Å². The molecule has 1 unspecified atom stereocenters. The number of carbonyl (C=O) groups excluding carboxylic acids is 4. The van der Waals surface area contributed by atoms with E-state index in [0.717, 1.165) is 30.7 Å². The van der Waals surface area contributed by atoms with Crippen molar-refractivity contribution in [2.45, 2.75) is 53.0 Å². The first-order chi connectivity index (χ1) is 20.2. The molecule has 11 heteroatoms. The van der Waals surface area contributed by atoms with Crippen LogP contribution in [0.2, 0.25) is 0 Å². The molecule has 3 aliphatic heterocycles. The van der Waals surface area contributed by atoms with Gasteiger partial charge in [-0.25, -0.2) is 4.79 Å². The second-order valence-corrected chi connectivity index (χ2v) is 11.9. The van der Waals surface area contributed by atoms with Gasteiger partial charge in [-0.05, 0) is 49.3 Å². The molecule has 4 heterocycles. The minimum Gasteiger partial charge on any atom is -0.462 e. The van der Waals surface area contributed by atoms with E-state index in [1.54, 1.807) is 34.1 Å². The summed E-state index contributed by atoms with van der Waals surface area (Å²) in [5.74, 6) is -0.776. The number of nitrogens with one attached hydrogen (secondary N) is 1. The van der Waals surface area contributed by atoms with Crippen molar-refractivity contribution in [2.24, 2.45) is 11.3 Å². The number of carbonyl (C=O) groups is 4. The Hall–Kier alpha value is -3.73. The molecule has 2 fully saturated rings. The Morgan fingerprint density at radius 1 is 1.10 bits per heavy atom. The van der Waals surface area contributed by atoms with Crippen LogP contribution < -0.4 is 5.32 Å². The number of rotatable bonds is 7. The molecule has 1 atom stereocenters. The number of ether oxygens (including phenoxy) is 2.